The van der Waals surface area contributed by atoms with Gasteiger partial charge in [-0.1, -0.05) is 41.9 Å². The molecule has 0 heterocycles. The number of carbonyl (C=O) groups excluding carboxylic acids is 3. The number of esters is 1. The Morgan fingerprint density at radius 3 is 2.46 bits per heavy atom. The molecule has 0 saturated carbocycles. The monoisotopic (exact) mass is 404 g/mol. The summed E-state index contributed by atoms with van der Waals surface area (Å²) in [7, 11) is 1.45. The lowest BCUT2D eigenvalue weighted by molar-refractivity contribution is -0.147. The Kier molecular flexibility index (Phi) is 7.83. The third kappa shape index (κ3) is 5.99. The van der Waals surface area contributed by atoms with E-state index in [4.69, 9.17) is 21.1 Å². The van der Waals surface area contributed by atoms with Crippen LogP contribution in [0.15, 0.2) is 48.5 Å². The van der Waals surface area contributed by atoms with Gasteiger partial charge in [0.2, 0.25) is 0 Å². The zero-order chi connectivity index (χ0) is 20.5. The quantitative estimate of drug-likeness (QED) is 0.659. The molecule has 2 aromatic rings. The summed E-state index contributed by atoms with van der Waals surface area (Å²) in [6, 6.07) is 13.4. The van der Waals surface area contributed by atoms with E-state index in [1.54, 1.807) is 49.4 Å². The van der Waals surface area contributed by atoms with E-state index in [9.17, 15) is 14.4 Å². The zero-order valence-corrected chi connectivity index (χ0v) is 16.3. The van der Waals surface area contributed by atoms with E-state index < -0.39 is 24.4 Å². The van der Waals surface area contributed by atoms with Crippen molar-refractivity contribution in [1.29, 1.82) is 0 Å². The molecule has 0 aromatic heterocycles. The van der Waals surface area contributed by atoms with E-state index >= 15 is 0 Å². The van der Waals surface area contributed by atoms with Gasteiger partial charge in [0, 0.05) is 5.02 Å². The number of hydrogen-bond acceptors (Lipinski definition) is 5. The molecule has 2 amide bonds. The second kappa shape index (κ2) is 10.3. The van der Waals surface area contributed by atoms with Crippen molar-refractivity contribution in [3.63, 3.8) is 0 Å². The molecule has 0 radical (unpaired) electrons. The van der Waals surface area contributed by atoms with Crippen LogP contribution in [0.2, 0.25) is 5.02 Å². The first-order chi connectivity index (χ1) is 13.4. The van der Waals surface area contributed by atoms with E-state index in [2.05, 4.69) is 10.6 Å². The van der Waals surface area contributed by atoms with E-state index in [1.165, 1.54) is 7.11 Å². The highest BCUT2D eigenvalue weighted by Crippen LogP contribution is 2.22. The van der Waals surface area contributed by atoms with Gasteiger partial charge in [0.1, 0.15) is 12.3 Å². The molecule has 148 valence electrons. The van der Waals surface area contributed by atoms with Gasteiger partial charge in [-0.05, 0) is 30.7 Å². The number of ether oxygens (including phenoxy) is 2. The van der Waals surface area contributed by atoms with Crippen LogP contribution >= 0.6 is 11.6 Å². The van der Waals surface area contributed by atoms with Gasteiger partial charge in [-0.3, -0.25) is 14.4 Å². The molecule has 28 heavy (non-hydrogen) atoms. The van der Waals surface area contributed by atoms with Crippen LogP contribution in [-0.4, -0.2) is 38.0 Å². The molecule has 0 aliphatic rings. The molecule has 0 spiro atoms. The van der Waals surface area contributed by atoms with Crippen molar-refractivity contribution in [2.75, 3.05) is 20.3 Å². The molecule has 0 aliphatic carbocycles. The summed E-state index contributed by atoms with van der Waals surface area (Å²) in [6.07, 6.45) is 0. The number of rotatable bonds is 8. The fraction of sp³-hybridized carbons (Fsp3) is 0.250. The van der Waals surface area contributed by atoms with Crippen molar-refractivity contribution in [2.24, 2.45) is 0 Å². The molecule has 2 aromatic carbocycles. The average molecular weight is 405 g/mol. The van der Waals surface area contributed by atoms with Crippen molar-refractivity contribution in [2.45, 2.75) is 13.0 Å². The third-order valence-corrected chi connectivity index (χ3v) is 4.20. The lowest BCUT2D eigenvalue weighted by atomic mass is 10.1. The lowest BCUT2D eigenvalue weighted by Gasteiger charge is -2.15. The van der Waals surface area contributed by atoms with Crippen LogP contribution in [0.25, 0.3) is 0 Å². The van der Waals surface area contributed by atoms with Crippen LogP contribution in [0, 0.1) is 0 Å². The molecule has 1 atom stereocenters. The Morgan fingerprint density at radius 2 is 1.75 bits per heavy atom. The number of benzene rings is 2. The molecule has 2 N–H and O–H groups in total. The van der Waals surface area contributed by atoms with Gasteiger partial charge in [0.05, 0.1) is 18.7 Å². The summed E-state index contributed by atoms with van der Waals surface area (Å²) in [5, 5.41) is 5.66. The summed E-state index contributed by atoms with van der Waals surface area (Å²) in [6.45, 7) is 0.941. The van der Waals surface area contributed by atoms with Crippen LogP contribution in [0.1, 0.15) is 28.9 Å². The van der Waals surface area contributed by atoms with Crippen LogP contribution in [0.3, 0.4) is 0 Å². The van der Waals surface area contributed by atoms with E-state index in [0.29, 0.717) is 16.3 Å². The summed E-state index contributed by atoms with van der Waals surface area (Å²) in [5.74, 6) is -1.30. The average Bonchev–Trinajstić information content (AvgIpc) is 2.70. The minimum Gasteiger partial charge on any atom is -0.496 e. The van der Waals surface area contributed by atoms with Gasteiger partial charge < -0.3 is 20.1 Å². The maximum atomic E-state index is 12.1. The smallest absolute Gasteiger partial charge is 0.325 e. The van der Waals surface area contributed by atoms with Crippen LogP contribution < -0.4 is 15.4 Å². The number of carbonyl (C=O) groups is 3. The summed E-state index contributed by atoms with van der Waals surface area (Å²) in [5.41, 5.74) is 1.05. The van der Waals surface area contributed by atoms with E-state index in [0.717, 1.165) is 5.56 Å². The van der Waals surface area contributed by atoms with Gasteiger partial charge >= 0.3 is 5.97 Å². The number of nitrogens with one attached hydrogen (secondary N) is 2. The van der Waals surface area contributed by atoms with Gasteiger partial charge in [-0.25, -0.2) is 0 Å². The van der Waals surface area contributed by atoms with Crippen LogP contribution in [0.5, 0.6) is 5.75 Å². The maximum absolute atomic E-state index is 12.1. The largest absolute Gasteiger partial charge is 0.496 e. The second-order valence-electron chi connectivity index (χ2n) is 5.85. The first-order valence-electron chi connectivity index (χ1n) is 8.53. The fourth-order valence-electron chi connectivity index (χ4n) is 2.46. The van der Waals surface area contributed by atoms with Gasteiger partial charge in [0.15, 0.2) is 6.61 Å². The first-order valence-corrected chi connectivity index (χ1v) is 8.90. The van der Waals surface area contributed by atoms with Crippen molar-refractivity contribution in [3.8, 4) is 5.75 Å². The molecule has 2 rings (SSSR count). The van der Waals surface area contributed by atoms with E-state index in [-0.39, 0.29) is 12.6 Å². The molecule has 1 unspecified atom stereocenters. The predicted octanol–water partition coefficient (Wildman–Crippen LogP) is 2.50. The molecule has 0 saturated heterocycles. The SMILES string of the molecule is COc1ccccc1C(=O)NCC(=O)OCC(=O)NC(C)c1ccccc1Cl. The normalized spacial score (nSPS) is 11.2. The van der Waals surface area contributed by atoms with Crippen molar-refractivity contribution in [3.05, 3.63) is 64.7 Å². The lowest BCUT2D eigenvalue weighted by Crippen LogP contribution is -2.35. The second-order valence-corrected chi connectivity index (χ2v) is 6.26. The highest BCUT2D eigenvalue weighted by molar-refractivity contribution is 6.31. The number of methoxy groups -OCH3 is 1. The maximum Gasteiger partial charge on any atom is 0.325 e. The Labute approximate surface area is 168 Å². The minimum atomic E-state index is -0.733. The fourth-order valence-corrected chi connectivity index (χ4v) is 2.76. The molecule has 7 nitrogen and oxygen atoms in total. The number of hydrogen-bond donors (Lipinski definition) is 2. The van der Waals surface area contributed by atoms with Gasteiger partial charge in [-0.15, -0.1) is 0 Å². The van der Waals surface area contributed by atoms with Gasteiger partial charge in [0.25, 0.3) is 11.8 Å². The zero-order valence-electron chi connectivity index (χ0n) is 15.5. The highest BCUT2D eigenvalue weighted by Gasteiger charge is 2.16. The Hall–Kier alpha value is -3.06. The van der Waals surface area contributed by atoms with Crippen LogP contribution in [-0.2, 0) is 14.3 Å². The summed E-state index contributed by atoms with van der Waals surface area (Å²) < 4.78 is 9.98. The topological polar surface area (TPSA) is 93.7 Å². The standard InChI is InChI=1S/C20H21ClN2O5/c1-13(14-7-3-5-9-16(14)21)23-18(24)12-28-19(25)11-22-20(26)15-8-4-6-10-17(15)27-2/h3-10,13H,11-12H2,1-2H3,(H,22,26)(H,23,24). The molecule has 8 heteroatoms. The molecule has 0 fully saturated rings. The third-order valence-electron chi connectivity index (χ3n) is 3.86. The Bertz CT molecular complexity index is 856. The van der Waals surface area contributed by atoms with Crippen molar-refractivity contribution < 1.29 is 23.9 Å². The molecule has 0 bridgehead atoms. The minimum absolute atomic E-state index is 0.295. The van der Waals surface area contributed by atoms with Gasteiger partial charge in [-0.2, -0.15) is 0 Å². The molecule has 0 aliphatic heterocycles. The van der Waals surface area contributed by atoms with E-state index in [1.807, 2.05) is 6.07 Å². The first kappa shape index (κ1) is 21.2. The van der Waals surface area contributed by atoms with Crippen molar-refractivity contribution in [1.82, 2.24) is 10.6 Å². The number of amides is 2. The highest BCUT2D eigenvalue weighted by atomic mass is 35.5. The number of para-hydroxylation sites is 1. The summed E-state index contributed by atoms with van der Waals surface area (Å²) in [4.78, 5) is 35.8. The molecular formula is C20H21ClN2O5. The van der Waals surface area contributed by atoms with Crippen LogP contribution in [0.4, 0.5) is 0 Å². The summed E-state index contributed by atoms with van der Waals surface area (Å²) >= 11 is 6.09. The predicted molar refractivity (Wildman–Crippen MR) is 104 cm³/mol. The molecular weight excluding hydrogens is 384 g/mol. The number of halogens is 1. The Morgan fingerprint density at radius 1 is 1.07 bits per heavy atom. The Balaban J connectivity index is 1.77. The van der Waals surface area contributed by atoms with Crippen molar-refractivity contribution >= 4 is 29.4 Å².